The fourth-order valence-corrected chi connectivity index (χ4v) is 4.16. The zero-order chi connectivity index (χ0) is 23.8. The van der Waals surface area contributed by atoms with Crippen molar-refractivity contribution < 1.29 is 27.2 Å². The van der Waals surface area contributed by atoms with Crippen molar-refractivity contribution in [3.05, 3.63) is 95.6 Å². The fraction of sp³-hybridized carbons (Fsp3) is 0.231. The van der Waals surface area contributed by atoms with E-state index in [1.807, 2.05) is 55.5 Å². The highest BCUT2D eigenvalue weighted by Crippen LogP contribution is 2.40. The quantitative estimate of drug-likeness (QED) is 0.390. The molecule has 7 heteroatoms. The first-order valence-corrected chi connectivity index (χ1v) is 12.0. The molecule has 0 radical (unpaired) electrons. The van der Waals surface area contributed by atoms with Gasteiger partial charge in [-0.2, -0.15) is 8.42 Å². The first-order valence-electron chi connectivity index (χ1n) is 10.5. The van der Waals surface area contributed by atoms with E-state index in [0.29, 0.717) is 31.8 Å². The second kappa shape index (κ2) is 11.0. The molecule has 0 spiro atoms. The van der Waals surface area contributed by atoms with Gasteiger partial charge < -0.3 is 14.2 Å². The number of allylic oxidation sites excluding steroid dienone is 1. The standard InChI is InChI=1S/C18H18O3.C8H10O3S/c1-2-6-15-16(21-13-14-7-4-3-5-8-14)9-10-17-18(15)20-12-11-19-17;1-6-3-4-8(7(2)5-6)12(9,10)11/h2-5,7-10H,1,6,11-13H2;3-5H,1-2H3,(H,9,10,11). The van der Waals surface area contributed by atoms with Crippen molar-refractivity contribution >= 4 is 10.1 Å². The summed E-state index contributed by atoms with van der Waals surface area (Å²) in [5.41, 5.74) is 3.67. The maximum Gasteiger partial charge on any atom is 0.294 e. The van der Waals surface area contributed by atoms with Crippen LogP contribution >= 0.6 is 0 Å². The Morgan fingerprint density at radius 1 is 1.03 bits per heavy atom. The van der Waals surface area contributed by atoms with E-state index in [9.17, 15) is 8.42 Å². The molecule has 1 heterocycles. The molecule has 3 aromatic rings. The van der Waals surface area contributed by atoms with Crippen LogP contribution in [0, 0.1) is 13.8 Å². The number of fused-ring (bicyclic) bond motifs is 1. The molecule has 174 valence electrons. The molecule has 0 saturated heterocycles. The van der Waals surface area contributed by atoms with Crippen molar-refractivity contribution in [3.8, 4) is 17.2 Å². The maximum absolute atomic E-state index is 10.7. The number of hydrogen-bond acceptors (Lipinski definition) is 5. The van der Waals surface area contributed by atoms with Crippen LogP contribution < -0.4 is 14.2 Å². The molecule has 1 N–H and O–H groups in total. The molecule has 0 amide bonds. The predicted octanol–water partition coefficient (Wildman–Crippen LogP) is 5.32. The van der Waals surface area contributed by atoms with Crippen LogP contribution in [0.5, 0.6) is 17.2 Å². The van der Waals surface area contributed by atoms with Crippen molar-refractivity contribution in [3.63, 3.8) is 0 Å². The first-order chi connectivity index (χ1) is 15.8. The average Bonchev–Trinajstić information content (AvgIpc) is 2.79. The third kappa shape index (κ3) is 6.60. The topological polar surface area (TPSA) is 82.1 Å². The normalized spacial score (nSPS) is 12.3. The molecule has 0 atom stereocenters. The lowest BCUT2D eigenvalue weighted by atomic mass is 10.1. The summed E-state index contributed by atoms with van der Waals surface area (Å²) in [6, 6.07) is 18.7. The molecule has 3 aromatic carbocycles. The molecule has 1 aliphatic rings. The van der Waals surface area contributed by atoms with Gasteiger partial charge in [0, 0.05) is 5.56 Å². The Morgan fingerprint density at radius 3 is 2.42 bits per heavy atom. The lowest BCUT2D eigenvalue weighted by molar-refractivity contribution is 0.168. The summed E-state index contributed by atoms with van der Waals surface area (Å²) in [5, 5.41) is 0. The Balaban J connectivity index is 0.000000218. The number of benzene rings is 3. The second-order valence-electron chi connectivity index (χ2n) is 7.58. The minimum atomic E-state index is -4.05. The van der Waals surface area contributed by atoms with Crippen LogP contribution in [-0.2, 0) is 23.1 Å². The van der Waals surface area contributed by atoms with Crippen LogP contribution in [0.1, 0.15) is 22.3 Å². The number of aryl methyl sites for hydroxylation is 2. The van der Waals surface area contributed by atoms with Gasteiger partial charge >= 0.3 is 0 Å². The molecule has 0 unspecified atom stereocenters. The van der Waals surface area contributed by atoms with E-state index in [4.69, 9.17) is 18.8 Å². The average molecular weight is 469 g/mol. The van der Waals surface area contributed by atoms with E-state index in [2.05, 4.69) is 6.58 Å². The van der Waals surface area contributed by atoms with E-state index in [-0.39, 0.29) is 4.90 Å². The molecule has 4 rings (SSSR count). The summed E-state index contributed by atoms with van der Waals surface area (Å²) < 4.78 is 47.5. The van der Waals surface area contributed by atoms with Gasteiger partial charge in [-0.25, -0.2) is 0 Å². The first kappa shape index (κ1) is 24.4. The minimum absolute atomic E-state index is 0.0203. The molecular formula is C26H28O6S. The molecule has 6 nitrogen and oxygen atoms in total. The Bertz CT molecular complexity index is 1200. The van der Waals surface area contributed by atoms with Gasteiger partial charge in [0.2, 0.25) is 0 Å². The minimum Gasteiger partial charge on any atom is -0.488 e. The van der Waals surface area contributed by atoms with E-state index in [0.717, 1.165) is 33.9 Å². The summed E-state index contributed by atoms with van der Waals surface area (Å²) >= 11 is 0. The van der Waals surface area contributed by atoms with E-state index >= 15 is 0 Å². The van der Waals surface area contributed by atoms with Crippen molar-refractivity contribution in [1.82, 2.24) is 0 Å². The zero-order valence-electron chi connectivity index (χ0n) is 18.8. The maximum atomic E-state index is 10.7. The van der Waals surface area contributed by atoms with E-state index in [1.54, 1.807) is 19.1 Å². The van der Waals surface area contributed by atoms with Crippen LogP contribution in [0.15, 0.2) is 78.2 Å². The van der Waals surface area contributed by atoms with E-state index < -0.39 is 10.1 Å². The number of rotatable bonds is 6. The van der Waals surface area contributed by atoms with E-state index in [1.165, 1.54) is 6.07 Å². The Morgan fingerprint density at radius 2 is 1.76 bits per heavy atom. The van der Waals surface area contributed by atoms with Crippen LogP contribution in [0.25, 0.3) is 0 Å². The van der Waals surface area contributed by atoms with Gasteiger partial charge in [0.05, 0.1) is 4.90 Å². The molecule has 1 aliphatic heterocycles. The Kier molecular flexibility index (Phi) is 8.14. The molecule has 0 fully saturated rings. The predicted molar refractivity (Wildman–Crippen MR) is 128 cm³/mol. The lowest BCUT2D eigenvalue weighted by Gasteiger charge is -2.22. The van der Waals surface area contributed by atoms with Crippen LogP contribution in [0.4, 0.5) is 0 Å². The van der Waals surface area contributed by atoms with Gasteiger partial charge in [0.15, 0.2) is 11.5 Å². The van der Waals surface area contributed by atoms with Crippen molar-refractivity contribution in [2.24, 2.45) is 0 Å². The van der Waals surface area contributed by atoms with Gasteiger partial charge in [0.1, 0.15) is 25.6 Å². The highest BCUT2D eigenvalue weighted by atomic mass is 32.2. The van der Waals surface area contributed by atoms with Crippen molar-refractivity contribution in [2.45, 2.75) is 31.8 Å². The zero-order valence-corrected chi connectivity index (χ0v) is 19.6. The van der Waals surface area contributed by atoms with Crippen LogP contribution in [0.3, 0.4) is 0 Å². The molecule has 0 saturated carbocycles. The molecule has 0 aromatic heterocycles. The van der Waals surface area contributed by atoms with Crippen LogP contribution in [-0.4, -0.2) is 26.2 Å². The number of hydrogen-bond donors (Lipinski definition) is 1. The van der Waals surface area contributed by atoms with Gasteiger partial charge in [-0.05, 0) is 49.6 Å². The highest BCUT2D eigenvalue weighted by Gasteiger charge is 2.19. The summed E-state index contributed by atoms with van der Waals surface area (Å²) in [7, 11) is -4.05. The highest BCUT2D eigenvalue weighted by molar-refractivity contribution is 7.85. The third-order valence-corrected chi connectivity index (χ3v) is 5.98. The van der Waals surface area contributed by atoms with Crippen molar-refractivity contribution in [1.29, 1.82) is 0 Å². The SMILES string of the molecule is C=CCc1c(OCc2ccccc2)ccc2c1OCCO2.Cc1ccc(S(=O)(=O)O)c(C)c1. The smallest absolute Gasteiger partial charge is 0.294 e. The summed E-state index contributed by atoms with van der Waals surface area (Å²) in [4.78, 5) is -0.0203. The monoisotopic (exact) mass is 468 g/mol. The van der Waals surface area contributed by atoms with Gasteiger partial charge in [-0.3, -0.25) is 4.55 Å². The molecule has 0 aliphatic carbocycles. The number of ether oxygens (including phenoxy) is 3. The third-order valence-electron chi connectivity index (χ3n) is 4.96. The summed E-state index contributed by atoms with van der Waals surface area (Å²) in [6.45, 7) is 9.01. The lowest BCUT2D eigenvalue weighted by Crippen LogP contribution is -2.17. The van der Waals surface area contributed by atoms with Gasteiger partial charge in [0.25, 0.3) is 10.1 Å². The van der Waals surface area contributed by atoms with Crippen molar-refractivity contribution in [2.75, 3.05) is 13.2 Å². The molecule has 33 heavy (non-hydrogen) atoms. The fourth-order valence-electron chi connectivity index (χ4n) is 3.45. The summed E-state index contributed by atoms with van der Waals surface area (Å²) in [6.07, 6.45) is 2.54. The molecular weight excluding hydrogens is 440 g/mol. The second-order valence-corrected chi connectivity index (χ2v) is 8.97. The van der Waals surface area contributed by atoms with Gasteiger partial charge in [-0.15, -0.1) is 6.58 Å². The van der Waals surface area contributed by atoms with Crippen LogP contribution in [0.2, 0.25) is 0 Å². The molecule has 0 bridgehead atoms. The Hall–Kier alpha value is -3.29. The summed E-state index contributed by atoms with van der Waals surface area (Å²) in [5.74, 6) is 2.39. The largest absolute Gasteiger partial charge is 0.488 e. The Labute approximate surface area is 195 Å². The van der Waals surface area contributed by atoms with Gasteiger partial charge in [-0.1, -0.05) is 54.1 Å².